The highest BCUT2D eigenvalue weighted by molar-refractivity contribution is 6.01. The van der Waals surface area contributed by atoms with Crippen molar-refractivity contribution in [3.8, 4) is 0 Å². The van der Waals surface area contributed by atoms with E-state index in [-0.39, 0.29) is 0 Å². The molecule has 2 bridgehead atoms. The van der Waals surface area contributed by atoms with Crippen molar-refractivity contribution in [2.24, 2.45) is 11.8 Å². The lowest BCUT2D eigenvalue weighted by molar-refractivity contribution is -0.162. The molecule has 3 aliphatic heterocycles. The smallest absolute Gasteiger partial charge is 0.321 e. The topological polar surface area (TPSA) is 52.6 Å². The number of hydrogen-bond donors (Lipinski definition) is 0. The first kappa shape index (κ1) is 15.8. The number of hydrogen-bond acceptors (Lipinski definition) is 4. The van der Waals surface area contributed by atoms with Gasteiger partial charge in [-0.1, -0.05) is 84.9 Å². The van der Waals surface area contributed by atoms with E-state index in [2.05, 4.69) is 0 Å². The molecule has 0 amide bonds. The maximum atomic E-state index is 12.9. The summed E-state index contributed by atoms with van der Waals surface area (Å²) < 4.78 is 12.1. The molecule has 0 aromatic heterocycles. The van der Waals surface area contributed by atoms with E-state index < -0.39 is 35.0 Å². The summed E-state index contributed by atoms with van der Waals surface area (Å²) in [6, 6.07) is 27.3. The fourth-order valence-corrected chi connectivity index (χ4v) is 5.42. The van der Waals surface area contributed by atoms with E-state index in [4.69, 9.17) is 9.47 Å². The molecule has 4 heteroatoms. The van der Waals surface area contributed by atoms with Gasteiger partial charge >= 0.3 is 11.9 Å². The van der Waals surface area contributed by atoms with E-state index in [9.17, 15) is 9.59 Å². The van der Waals surface area contributed by atoms with Gasteiger partial charge in [0.25, 0.3) is 0 Å². The molecule has 0 saturated carbocycles. The van der Waals surface area contributed by atoms with Crippen molar-refractivity contribution in [3.05, 3.63) is 107 Å². The minimum Gasteiger partial charge on any atom is -0.392 e. The Morgan fingerprint density at radius 2 is 0.964 bits per heavy atom. The third kappa shape index (κ3) is 1.61. The Balaban J connectivity index is 1.75. The molecular weight excluding hydrogens is 352 g/mol. The van der Waals surface area contributed by atoms with E-state index in [0.717, 1.165) is 22.3 Å². The van der Waals surface area contributed by atoms with Crippen LogP contribution in [-0.4, -0.2) is 11.9 Å². The van der Waals surface area contributed by atoms with Gasteiger partial charge in [-0.25, -0.2) is 0 Å². The van der Waals surface area contributed by atoms with Crippen molar-refractivity contribution in [1.82, 2.24) is 0 Å². The maximum Gasteiger partial charge on any atom is 0.321 e. The molecule has 3 aromatic rings. The molecule has 2 fully saturated rings. The average molecular weight is 368 g/mol. The molecule has 0 aliphatic carbocycles. The Hall–Kier alpha value is -3.24. The summed E-state index contributed by atoms with van der Waals surface area (Å²) >= 11 is 0. The van der Waals surface area contributed by atoms with Gasteiger partial charge in [0.1, 0.15) is 23.0 Å². The van der Waals surface area contributed by atoms with Crippen LogP contribution in [0.4, 0.5) is 0 Å². The lowest BCUT2D eigenvalue weighted by atomic mass is 9.61. The van der Waals surface area contributed by atoms with Gasteiger partial charge < -0.3 is 9.47 Å². The number of esters is 2. The van der Waals surface area contributed by atoms with Crippen LogP contribution >= 0.6 is 0 Å². The zero-order valence-corrected chi connectivity index (χ0v) is 14.9. The van der Waals surface area contributed by atoms with Gasteiger partial charge in [-0.2, -0.15) is 0 Å². The van der Waals surface area contributed by atoms with Gasteiger partial charge in [0, 0.05) is 0 Å². The second-order valence-corrected chi connectivity index (χ2v) is 7.55. The van der Waals surface area contributed by atoms with Crippen LogP contribution in [0.15, 0.2) is 84.9 Å². The van der Waals surface area contributed by atoms with Crippen LogP contribution in [0.2, 0.25) is 0 Å². The molecule has 3 aromatic carbocycles. The number of carbonyl (C=O) groups is 2. The minimum absolute atomic E-state index is 0.508. The quantitative estimate of drug-likeness (QED) is 0.513. The highest BCUT2D eigenvalue weighted by atomic mass is 16.6. The molecule has 3 aliphatic rings. The van der Waals surface area contributed by atoms with E-state index in [1.807, 2.05) is 84.9 Å². The predicted octanol–water partition coefficient (Wildman–Crippen LogP) is 3.53. The van der Waals surface area contributed by atoms with Crippen LogP contribution in [0.5, 0.6) is 0 Å². The van der Waals surface area contributed by atoms with E-state index in [1.165, 1.54) is 0 Å². The van der Waals surface area contributed by atoms with Crippen molar-refractivity contribution in [2.75, 3.05) is 0 Å². The van der Waals surface area contributed by atoms with E-state index >= 15 is 0 Å². The highest BCUT2D eigenvalue weighted by Gasteiger charge is 2.78. The standard InChI is InChI=1S/C24H16O4/c25-21-19-20(22(26)27-21)24(16-11-5-2-6-12-16)18-14-8-7-13-17(18)23(19,28-24)15-9-3-1-4-10-15/h1-14,19-20H/t19-,20-,23+,24+/m1/s1. The Bertz CT molecular complexity index is 1040. The molecule has 4 atom stereocenters. The summed E-state index contributed by atoms with van der Waals surface area (Å²) in [5, 5.41) is 0. The maximum absolute atomic E-state index is 12.9. The first-order chi connectivity index (χ1) is 13.7. The molecule has 0 spiro atoms. The van der Waals surface area contributed by atoms with Crippen LogP contribution in [0.1, 0.15) is 22.3 Å². The van der Waals surface area contributed by atoms with Gasteiger partial charge in [0.15, 0.2) is 0 Å². The second kappa shape index (κ2) is 5.18. The molecule has 4 nitrogen and oxygen atoms in total. The number of fused-ring (bicyclic) bond motifs is 8. The predicted molar refractivity (Wildman–Crippen MR) is 100 cm³/mol. The third-order valence-corrected chi connectivity index (χ3v) is 6.37. The van der Waals surface area contributed by atoms with Crippen molar-refractivity contribution in [2.45, 2.75) is 11.2 Å². The Morgan fingerprint density at radius 3 is 1.39 bits per heavy atom. The van der Waals surface area contributed by atoms with Gasteiger partial charge in [0.2, 0.25) is 0 Å². The fraction of sp³-hybridized carbons (Fsp3) is 0.167. The summed E-state index contributed by atoms with van der Waals surface area (Å²) in [5.74, 6) is -2.44. The van der Waals surface area contributed by atoms with E-state index in [0.29, 0.717) is 0 Å². The molecular formula is C24H16O4. The summed E-state index contributed by atoms with van der Waals surface area (Å²) in [5.41, 5.74) is 1.50. The number of cyclic esters (lactones) is 2. The van der Waals surface area contributed by atoms with Gasteiger partial charge in [-0.05, 0) is 22.3 Å². The number of rotatable bonds is 2. The summed E-state index contributed by atoms with van der Waals surface area (Å²) in [6.07, 6.45) is 0. The first-order valence-corrected chi connectivity index (χ1v) is 9.36. The fourth-order valence-electron chi connectivity index (χ4n) is 5.42. The normalized spacial score (nSPS) is 32.1. The van der Waals surface area contributed by atoms with Crippen molar-refractivity contribution in [3.63, 3.8) is 0 Å². The molecule has 136 valence electrons. The molecule has 6 rings (SSSR count). The molecule has 0 N–H and O–H groups in total. The Labute approximate surface area is 161 Å². The lowest BCUT2D eigenvalue weighted by Gasteiger charge is -2.33. The number of ether oxygens (including phenoxy) is 2. The molecule has 0 radical (unpaired) electrons. The number of carbonyl (C=O) groups excluding carboxylic acids is 2. The van der Waals surface area contributed by atoms with Gasteiger partial charge in [0.05, 0.1) is 0 Å². The monoisotopic (exact) mass is 368 g/mol. The van der Waals surface area contributed by atoms with Crippen LogP contribution in [0, 0.1) is 11.8 Å². The molecule has 0 unspecified atom stereocenters. The Kier molecular flexibility index (Phi) is 2.92. The molecule has 28 heavy (non-hydrogen) atoms. The molecule has 2 saturated heterocycles. The summed E-state index contributed by atoms with van der Waals surface area (Å²) in [7, 11) is 0. The van der Waals surface area contributed by atoms with Crippen LogP contribution in [-0.2, 0) is 30.3 Å². The largest absolute Gasteiger partial charge is 0.392 e. The second-order valence-electron chi connectivity index (χ2n) is 7.55. The average Bonchev–Trinajstić information content (AvgIpc) is 3.36. The van der Waals surface area contributed by atoms with Crippen LogP contribution < -0.4 is 0 Å². The number of benzene rings is 3. The molecule has 3 heterocycles. The van der Waals surface area contributed by atoms with Crippen LogP contribution in [0.25, 0.3) is 0 Å². The Morgan fingerprint density at radius 1 is 0.571 bits per heavy atom. The van der Waals surface area contributed by atoms with Crippen LogP contribution in [0.3, 0.4) is 0 Å². The lowest BCUT2D eigenvalue weighted by Crippen LogP contribution is -2.42. The first-order valence-electron chi connectivity index (χ1n) is 9.36. The van der Waals surface area contributed by atoms with Gasteiger partial charge in [-0.15, -0.1) is 0 Å². The van der Waals surface area contributed by atoms with Crippen molar-refractivity contribution < 1.29 is 19.1 Å². The van der Waals surface area contributed by atoms with Gasteiger partial charge in [-0.3, -0.25) is 9.59 Å². The summed E-state index contributed by atoms with van der Waals surface area (Å²) in [4.78, 5) is 25.8. The zero-order valence-electron chi connectivity index (χ0n) is 14.9. The van der Waals surface area contributed by atoms with E-state index in [1.54, 1.807) is 0 Å². The minimum atomic E-state index is -1.04. The summed E-state index contributed by atoms with van der Waals surface area (Å²) in [6.45, 7) is 0. The zero-order chi connectivity index (χ0) is 18.9. The van der Waals surface area contributed by atoms with Crippen molar-refractivity contribution >= 4 is 11.9 Å². The highest BCUT2D eigenvalue weighted by Crippen LogP contribution is 2.70. The van der Waals surface area contributed by atoms with Crippen molar-refractivity contribution in [1.29, 1.82) is 0 Å². The third-order valence-electron chi connectivity index (χ3n) is 6.37. The SMILES string of the molecule is O=C1OC(=O)[C@H]2[C@H]1[C@@]1(c3ccccc3)O[C@@]2(c2ccccc2)c2ccccc21.